The molecule has 2 aliphatic heterocycles. The lowest BCUT2D eigenvalue weighted by atomic mass is 9.96. The van der Waals surface area contributed by atoms with Gasteiger partial charge in [-0.05, 0) is 0 Å². The lowest BCUT2D eigenvalue weighted by Gasteiger charge is -2.46. The van der Waals surface area contributed by atoms with Gasteiger partial charge in [-0.2, -0.15) is 0 Å². The molecule has 2 heterocycles. The number of carbonyl (C=O) groups is 1. The van der Waals surface area contributed by atoms with Crippen LogP contribution in [-0.2, 0) is 33.2 Å². The molecule has 2 rings (SSSR count). The first-order valence-corrected chi connectivity index (χ1v) is 8.23. The van der Waals surface area contributed by atoms with Crippen molar-refractivity contribution in [3.63, 3.8) is 0 Å². The highest BCUT2D eigenvalue weighted by atomic mass is 16.7. The number of aliphatic carboxylic acids is 1. The molecule has 2 saturated heterocycles. The third kappa shape index (κ3) is 4.40. The number of hydrogen-bond donors (Lipinski definition) is 5. The van der Waals surface area contributed by atoms with Gasteiger partial charge in [0.1, 0.15) is 42.7 Å². The second-order valence-corrected chi connectivity index (χ2v) is 6.19. The molecule has 12 nitrogen and oxygen atoms in total. The molecule has 2 fully saturated rings. The van der Waals surface area contributed by atoms with E-state index in [1.807, 2.05) is 0 Å². The molecule has 10 atom stereocenters. The Balaban J connectivity index is 2.27. The predicted molar refractivity (Wildman–Crippen MR) is 83.5 cm³/mol. The number of methoxy groups -OCH3 is 3. The van der Waals surface area contributed by atoms with E-state index < -0.39 is 74.0 Å². The Kier molecular flexibility index (Phi) is 7.88. The van der Waals surface area contributed by atoms with E-state index >= 15 is 0 Å². The van der Waals surface area contributed by atoms with Gasteiger partial charge in [0.2, 0.25) is 0 Å². The van der Waals surface area contributed by atoms with Gasteiger partial charge in [-0.3, -0.25) is 0 Å². The Morgan fingerprint density at radius 2 is 1.48 bits per heavy atom. The SMILES string of the molecule is CO[C@@H]1[C@@H](OC)[C@H](O[C@H]2[C@H](O)[C@@H](O)[C@@H](O)O[C@@H]2CO)O[C@@H](C(=O)O)[C@H]1OC. The molecule has 0 aromatic carbocycles. The van der Waals surface area contributed by atoms with E-state index in [4.69, 9.17) is 28.4 Å². The summed E-state index contributed by atoms with van der Waals surface area (Å²) in [6.07, 6.45) is -13.3. The average molecular weight is 398 g/mol. The van der Waals surface area contributed by atoms with Crippen LogP contribution in [0.2, 0.25) is 0 Å². The molecule has 2 aliphatic rings. The lowest BCUT2D eigenvalue weighted by Crippen LogP contribution is -2.65. The Hall–Kier alpha value is -0.930. The van der Waals surface area contributed by atoms with Crippen molar-refractivity contribution in [1.82, 2.24) is 0 Å². The van der Waals surface area contributed by atoms with Gasteiger partial charge < -0.3 is 54.0 Å². The molecule has 0 aromatic heterocycles. The Labute approximate surface area is 155 Å². The Bertz CT molecular complexity index is 487. The fourth-order valence-corrected chi connectivity index (χ4v) is 3.28. The zero-order valence-corrected chi connectivity index (χ0v) is 15.1. The van der Waals surface area contributed by atoms with Crippen molar-refractivity contribution in [3.05, 3.63) is 0 Å². The molecule has 27 heavy (non-hydrogen) atoms. The average Bonchev–Trinajstić information content (AvgIpc) is 2.66. The van der Waals surface area contributed by atoms with Crippen molar-refractivity contribution in [3.8, 4) is 0 Å². The molecule has 0 radical (unpaired) electrons. The topological polar surface area (TPSA) is 174 Å². The van der Waals surface area contributed by atoms with E-state index in [2.05, 4.69) is 0 Å². The highest BCUT2D eigenvalue weighted by Crippen LogP contribution is 2.31. The first-order valence-electron chi connectivity index (χ1n) is 8.23. The monoisotopic (exact) mass is 398 g/mol. The van der Waals surface area contributed by atoms with Crippen LogP contribution >= 0.6 is 0 Å². The third-order valence-electron chi connectivity index (χ3n) is 4.69. The zero-order chi connectivity index (χ0) is 20.3. The van der Waals surface area contributed by atoms with Gasteiger partial charge in [-0.1, -0.05) is 0 Å². The summed E-state index contributed by atoms with van der Waals surface area (Å²) in [5, 5.41) is 48.4. The summed E-state index contributed by atoms with van der Waals surface area (Å²) < 4.78 is 31.9. The molecule has 5 N–H and O–H groups in total. The van der Waals surface area contributed by atoms with E-state index in [-0.39, 0.29) is 0 Å². The van der Waals surface area contributed by atoms with Crippen LogP contribution in [0.15, 0.2) is 0 Å². The van der Waals surface area contributed by atoms with Gasteiger partial charge in [-0.25, -0.2) is 4.79 Å². The maximum atomic E-state index is 11.6. The Morgan fingerprint density at radius 1 is 0.889 bits per heavy atom. The maximum Gasteiger partial charge on any atom is 0.335 e. The van der Waals surface area contributed by atoms with Crippen LogP contribution in [0.1, 0.15) is 0 Å². The first-order chi connectivity index (χ1) is 12.8. The van der Waals surface area contributed by atoms with E-state index in [9.17, 15) is 30.3 Å². The number of rotatable bonds is 7. The molecule has 0 amide bonds. The molecule has 0 unspecified atom stereocenters. The van der Waals surface area contributed by atoms with Crippen molar-refractivity contribution in [2.45, 2.75) is 61.4 Å². The summed E-state index contributed by atoms with van der Waals surface area (Å²) in [4.78, 5) is 11.6. The summed E-state index contributed by atoms with van der Waals surface area (Å²) in [6.45, 7) is -0.646. The van der Waals surface area contributed by atoms with Crippen molar-refractivity contribution >= 4 is 5.97 Å². The fourth-order valence-electron chi connectivity index (χ4n) is 3.28. The van der Waals surface area contributed by atoms with Crippen LogP contribution < -0.4 is 0 Å². The van der Waals surface area contributed by atoms with Gasteiger partial charge in [-0.15, -0.1) is 0 Å². The second kappa shape index (κ2) is 9.52. The fraction of sp³-hybridized carbons (Fsp3) is 0.933. The molecule has 0 aliphatic carbocycles. The van der Waals surface area contributed by atoms with E-state index in [1.54, 1.807) is 0 Å². The summed E-state index contributed by atoms with van der Waals surface area (Å²) in [5.41, 5.74) is 0. The number of carboxylic acids is 1. The standard InChI is InChI=1S/C15H26O12/c1-22-9-10(23-2)12(24-3)15(27-11(9)13(19)20)26-8-5(4-16)25-14(21)7(18)6(8)17/h5-12,14-18,21H,4H2,1-3H3,(H,19,20)/t5-,6-,7-,8-,9+,10+,11-,12-,14+,15-/m1/s1. The highest BCUT2D eigenvalue weighted by Gasteiger charge is 2.53. The number of aliphatic hydroxyl groups excluding tert-OH is 4. The third-order valence-corrected chi connectivity index (χ3v) is 4.69. The molecule has 0 saturated carbocycles. The minimum absolute atomic E-state index is 0.646. The van der Waals surface area contributed by atoms with Gasteiger partial charge in [0, 0.05) is 21.3 Å². The molecule has 0 aromatic rings. The summed E-state index contributed by atoms with van der Waals surface area (Å²) in [7, 11) is 3.95. The first kappa shape index (κ1) is 22.4. The van der Waals surface area contributed by atoms with E-state index in [0.29, 0.717) is 0 Å². The van der Waals surface area contributed by atoms with Crippen LogP contribution in [0.5, 0.6) is 0 Å². The molecule has 0 spiro atoms. The number of aliphatic hydroxyl groups is 4. The molecular weight excluding hydrogens is 372 g/mol. The maximum absolute atomic E-state index is 11.6. The molecule has 0 bridgehead atoms. The van der Waals surface area contributed by atoms with Crippen LogP contribution in [0.3, 0.4) is 0 Å². The largest absolute Gasteiger partial charge is 0.479 e. The van der Waals surface area contributed by atoms with Crippen molar-refractivity contribution in [2.24, 2.45) is 0 Å². The minimum atomic E-state index is -1.72. The molecular formula is C15H26O12. The van der Waals surface area contributed by atoms with Gasteiger partial charge >= 0.3 is 5.97 Å². The smallest absolute Gasteiger partial charge is 0.335 e. The van der Waals surface area contributed by atoms with Gasteiger partial charge in [0.15, 0.2) is 18.7 Å². The minimum Gasteiger partial charge on any atom is -0.479 e. The van der Waals surface area contributed by atoms with E-state index in [0.717, 1.165) is 0 Å². The van der Waals surface area contributed by atoms with Crippen molar-refractivity contribution in [2.75, 3.05) is 27.9 Å². The number of ether oxygens (including phenoxy) is 6. The zero-order valence-electron chi connectivity index (χ0n) is 15.1. The summed E-state index contributed by atoms with van der Waals surface area (Å²) >= 11 is 0. The predicted octanol–water partition coefficient (Wildman–Crippen LogP) is -3.34. The summed E-state index contributed by atoms with van der Waals surface area (Å²) in [6, 6.07) is 0. The van der Waals surface area contributed by atoms with Crippen LogP contribution in [0.25, 0.3) is 0 Å². The number of hydrogen-bond acceptors (Lipinski definition) is 11. The molecule has 158 valence electrons. The van der Waals surface area contributed by atoms with Crippen molar-refractivity contribution in [1.29, 1.82) is 0 Å². The number of carboxylic acid groups (broad SMARTS) is 1. The quantitative estimate of drug-likeness (QED) is 0.289. The van der Waals surface area contributed by atoms with Gasteiger partial charge in [0.25, 0.3) is 0 Å². The normalized spacial score (nSPS) is 45.6. The van der Waals surface area contributed by atoms with Gasteiger partial charge in [0.05, 0.1) is 6.61 Å². The second-order valence-electron chi connectivity index (χ2n) is 6.19. The lowest BCUT2D eigenvalue weighted by molar-refractivity contribution is -0.355. The van der Waals surface area contributed by atoms with Crippen LogP contribution in [0, 0.1) is 0 Å². The highest BCUT2D eigenvalue weighted by molar-refractivity contribution is 5.73. The Morgan fingerprint density at radius 3 is 1.96 bits per heavy atom. The van der Waals surface area contributed by atoms with Crippen LogP contribution in [0.4, 0.5) is 0 Å². The molecule has 12 heteroatoms. The van der Waals surface area contributed by atoms with Crippen molar-refractivity contribution < 1.29 is 58.7 Å². The van der Waals surface area contributed by atoms with Crippen LogP contribution in [-0.4, -0.2) is 121 Å². The summed E-state index contributed by atoms with van der Waals surface area (Å²) in [5.74, 6) is -1.33. The van der Waals surface area contributed by atoms with E-state index in [1.165, 1.54) is 21.3 Å².